The molecule has 0 aliphatic heterocycles. The minimum Gasteiger partial charge on any atom is -0.462 e. The molecule has 0 aromatic carbocycles. The summed E-state index contributed by atoms with van der Waals surface area (Å²) in [6.45, 7) is 14.7. The quantitative estimate of drug-likeness (QED) is 0.0763. The predicted molar refractivity (Wildman–Crippen MR) is 193 cm³/mol. The van der Waals surface area contributed by atoms with Gasteiger partial charge in [0.2, 0.25) is 0 Å². The second-order valence-electron chi connectivity index (χ2n) is 17.4. The van der Waals surface area contributed by atoms with E-state index in [0.29, 0.717) is 17.8 Å². The van der Waals surface area contributed by atoms with E-state index >= 15 is 0 Å². The van der Waals surface area contributed by atoms with E-state index in [-0.39, 0.29) is 23.9 Å². The molecule has 9 atom stereocenters. The monoisotopic (exact) mass is 627 g/mol. The van der Waals surface area contributed by atoms with Crippen molar-refractivity contribution in [3.8, 4) is 0 Å². The first kappa shape index (κ1) is 35.5. The van der Waals surface area contributed by atoms with Crippen LogP contribution in [0, 0.1) is 46.3 Å². The van der Waals surface area contributed by atoms with E-state index in [0.717, 1.165) is 55.3 Å². The number of carbonyl (C=O) groups is 1. The summed E-state index contributed by atoms with van der Waals surface area (Å²) >= 11 is 0. The lowest BCUT2D eigenvalue weighted by Crippen LogP contribution is -2.51. The SMILES string of the molecule is [3H]C1C[C@H](OC(=O)CCCCCCCCCCCCCCC)CC2=CC[C@H]3[C@@H]4CC[C@H]([C@H](C)CCCC(C)C)[C@@]4(C)CC[C@@H]3[C@]21C. The Kier molecular flexibility index (Phi) is 14.3. The average Bonchev–Trinajstić information content (AvgIpc) is 3.37. The molecule has 4 aliphatic carbocycles. The van der Waals surface area contributed by atoms with Gasteiger partial charge in [-0.3, -0.25) is 4.79 Å². The van der Waals surface area contributed by atoms with Crippen LogP contribution in [0.1, 0.15) is 203 Å². The van der Waals surface area contributed by atoms with E-state index in [4.69, 9.17) is 4.74 Å². The Bertz CT molecular complexity index is 941. The molecule has 0 bridgehead atoms. The molecule has 4 rings (SSSR count). The number of rotatable bonds is 20. The normalized spacial score (nSPS) is 35.3. The standard InChI is InChI=1S/C43H76O2/c1-7-8-9-10-11-12-13-14-15-16-17-18-19-23-41(44)45-36-28-30-42(5)35(32-36)24-25-37-39-27-26-38(34(4)22-20-21-33(2)3)43(39,6)31-29-40(37)42/h24,33-34,36-40H,7-23,25-32H2,1-6H3/t34-,36+,37+,38-,39+,40+,42+,43-/m1/s1/i30T/t30?,34-,36+,37+,38-,39+,40+,42+,43-. The molecular formula is C43H76O2. The first-order valence-corrected chi connectivity index (χ1v) is 20.4. The molecule has 45 heavy (non-hydrogen) atoms. The van der Waals surface area contributed by atoms with Crippen molar-refractivity contribution in [1.82, 2.24) is 0 Å². The molecule has 0 heterocycles. The van der Waals surface area contributed by atoms with E-state index in [2.05, 4.69) is 47.6 Å². The molecule has 0 aromatic heterocycles. The van der Waals surface area contributed by atoms with Gasteiger partial charge in [0, 0.05) is 14.2 Å². The zero-order valence-corrected chi connectivity index (χ0v) is 31.0. The van der Waals surface area contributed by atoms with Gasteiger partial charge in [-0.2, -0.15) is 0 Å². The van der Waals surface area contributed by atoms with Crippen molar-refractivity contribution in [2.75, 3.05) is 0 Å². The lowest BCUT2D eigenvalue weighted by atomic mass is 9.47. The molecule has 4 aliphatic rings. The highest BCUT2D eigenvalue weighted by Gasteiger charge is 2.59. The lowest BCUT2D eigenvalue weighted by molar-refractivity contribution is -0.151. The van der Waals surface area contributed by atoms with Crippen LogP contribution in [-0.2, 0) is 9.53 Å². The fourth-order valence-corrected chi connectivity index (χ4v) is 11.0. The molecule has 2 heteroatoms. The number of fused-ring (bicyclic) bond motifs is 5. The highest BCUT2D eigenvalue weighted by molar-refractivity contribution is 5.69. The molecule has 0 saturated heterocycles. The second-order valence-corrected chi connectivity index (χ2v) is 17.4. The molecule has 3 saturated carbocycles. The maximum Gasteiger partial charge on any atom is 0.306 e. The van der Waals surface area contributed by atoms with Gasteiger partial charge in [-0.25, -0.2) is 0 Å². The highest BCUT2D eigenvalue weighted by Crippen LogP contribution is 2.67. The number of hydrogen-bond donors (Lipinski definition) is 0. The van der Waals surface area contributed by atoms with Gasteiger partial charge in [-0.15, -0.1) is 0 Å². The number of hydrogen-bond acceptors (Lipinski definition) is 2. The van der Waals surface area contributed by atoms with Gasteiger partial charge in [0.25, 0.3) is 0 Å². The molecule has 0 amide bonds. The van der Waals surface area contributed by atoms with Crippen molar-refractivity contribution in [1.29, 1.82) is 0 Å². The van der Waals surface area contributed by atoms with E-state index in [9.17, 15) is 6.17 Å². The third kappa shape index (κ3) is 9.87. The molecule has 260 valence electrons. The number of allylic oxidation sites excluding steroid dienone is 1. The minimum absolute atomic E-state index is 0.0221. The fraction of sp³-hybridized carbons (Fsp3) is 0.930. The Labute approximate surface area is 282 Å². The number of carbonyl (C=O) groups excluding carboxylic acids is 1. The molecular weight excluding hydrogens is 548 g/mol. The van der Waals surface area contributed by atoms with Crippen molar-refractivity contribution >= 4 is 5.97 Å². The van der Waals surface area contributed by atoms with Crippen LogP contribution in [0.5, 0.6) is 0 Å². The van der Waals surface area contributed by atoms with Gasteiger partial charge in [0.05, 0.1) is 0 Å². The van der Waals surface area contributed by atoms with Gasteiger partial charge in [0.15, 0.2) is 0 Å². The van der Waals surface area contributed by atoms with Crippen LogP contribution in [0.4, 0.5) is 0 Å². The highest BCUT2D eigenvalue weighted by atomic mass is 16.5. The second kappa shape index (κ2) is 18.1. The molecule has 0 aromatic rings. The lowest BCUT2D eigenvalue weighted by Gasteiger charge is -2.58. The van der Waals surface area contributed by atoms with Crippen LogP contribution in [-0.4, -0.2) is 12.1 Å². The van der Waals surface area contributed by atoms with Crippen LogP contribution in [0.15, 0.2) is 11.6 Å². The van der Waals surface area contributed by atoms with E-state index in [1.54, 1.807) is 0 Å². The topological polar surface area (TPSA) is 26.3 Å². The molecule has 0 N–H and O–H groups in total. The number of esters is 1. The van der Waals surface area contributed by atoms with Gasteiger partial charge in [0.1, 0.15) is 6.10 Å². The molecule has 2 nitrogen and oxygen atoms in total. The van der Waals surface area contributed by atoms with Crippen molar-refractivity contribution in [2.45, 2.75) is 208 Å². The maximum atomic E-state index is 12.8. The Morgan fingerprint density at radius 3 is 2.13 bits per heavy atom. The average molecular weight is 627 g/mol. The summed E-state index contributed by atoms with van der Waals surface area (Å²) in [4.78, 5) is 12.8. The summed E-state index contributed by atoms with van der Waals surface area (Å²) in [5, 5.41) is 0. The van der Waals surface area contributed by atoms with Gasteiger partial charge >= 0.3 is 5.97 Å². The van der Waals surface area contributed by atoms with Gasteiger partial charge in [-0.05, 0) is 97.7 Å². The largest absolute Gasteiger partial charge is 0.462 e. The van der Waals surface area contributed by atoms with E-state index < -0.39 is 0 Å². The zero-order valence-electron chi connectivity index (χ0n) is 32.0. The van der Waals surface area contributed by atoms with Crippen LogP contribution in [0.3, 0.4) is 0 Å². The fourth-order valence-electron chi connectivity index (χ4n) is 11.0. The Morgan fingerprint density at radius 1 is 0.844 bits per heavy atom. The first-order chi connectivity index (χ1) is 22.1. The van der Waals surface area contributed by atoms with Crippen LogP contribution in [0.2, 0.25) is 0 Å². The van der Waals surface area contributed by atoms with Crippen molar-refractivity contribution in [3.63, 3.8) is 0 Å². The summed E-state index contributed by atoms with van der Waals surface area (Å²) in [6.07, 6.45) is 32.4. The van der Waals surface area contributed by atoms with Crippen molar-refractivity contribution in [2.24, 2.45) is 46.3 Å². The summed E-state index contributed by atoms with van der Waals surface area (Å²) < 4.78 is 15.5. The summed E-state index contributed by atoms with van der Waals surface area (Å²) in [5.74, 6) is 4.70. The van der Waals surface area contributed by atoms with Gasteiger partial charge in [-0.1, -0.05) is 150 Å². The summed E-state index contributed by atoms with van der Waals surface area (Å²) in [6, 6.07) is 0. The molecule has 1 unspecified atom stereocenters. The van der Waals surface area contributed by atoms with Crippen LogP contribution in [0.25, 0.3) is 0 Å². The van der Waals surface area contributed by atoms with E-state index in [1.165, 1.54) is 128 Å². The van der Waals surface area contributed by atoms with Crippen molar-refractivity contribution in [3.05, 3.63) is 11.6 Å². The van der Waals surface area contributed by atoms with Crippen LogP contribution < -0.4 is 0 Å². The first-order valence-electron chi connectivity index (χ1n) is 21.0. The molecule has 3 fully saturated rings. The molecule has 0 radical (unpaired) electrons. The maximum absolute atomic E-state index is 12.8. The summed E-state index contributed by atoms with van der Waals surface area (Å²) in [7, 11) is 0. The smallest absolute Gasteiger partial charge is 0.306 e. The summed E-state index contributed by atoms with van der Waals surface area (Å²) in [5.41, 5.74) is 1.90. The number of ether oxygens (including phenoxy) is 1. The third-order valence-electron chi connectivity index (χ3n) is 13.8. The van der Waals surface area contributed by atoms with Crippen LogP contribution >= 0.6 is 0 Å². The Hall–Kier alpha value is -0.790. The third-order valence-corrected chi connectivity index (χ3v) is 13.8. The van der Waals surface area contributed by atoms with Crippen molar-refractivity contribution < 1.29 is 10.9 Å². The Morgan fingerprint density at radius 2 is 1.49 bits per heavy atom. The zero-order chi connectivity index (χ0) is 33.2. The minimum atomic E-state index is -0.161. The predicted octanol–water partition coefficient (Wildman–Crippen LogP) is 13.4. The molecule has 0 spiro atoms. The van der Waals surface area contributed by atoms with Gasteiger partial charge < -0.3 is 4.74 Å². The number of unbranched alkanes of at least 4 members (excludes halogenated alkanes) is 12. The Balaban J connectivity index is 1.18. The van der Waals surface area contributed by atoms with E-state index in [1.807, 2.05) is 0 Å².